The van der Waals surface area contributed by atoms with Gasteiger partial charge in [0.15, 0.2) is 0 Å². The maximum absolute atomic E-state index is 12.9. The molecule has 0 radical (unpaired) electrons. The van der Waals surface area contributed by atoms with E-state index in [1.807, 2.05) is 32.0 Å². The van der Waals surface area contributed by atoms with Gasteiger partial charge in [-0.2, -0.15) is 13.2 Å². The van der Waals surface area contributed by atoms with Crippen molar-refractivity contribution in [1.29, 1.82) is 0 Å². The summed E-state index contributed by atoms with van der Waals surface area (Å²) in [5, 5.41) is 2.99. The number of pyridine rings is 1. The number of hydrogen-bond acceptors (Lipinski definition) is 3. The van der Waals surface area contributed by atoms with Crippen LogP contribution in [0.3, 0.4) is 0 Å². The summed E-state index contributed by atoms with van der Waals surface area (Å²) < 4.78 is 38.7. The summed E-state index contributed by atoms with van der Waals surface area (Å²) in [6, 6.07) is 7.91. The molecule has 0 atom stereocenters. The maximum atomic E-state index is 12.9. The lowest BCUT2D eigenvalue weighted by atomic mass is 10.2. The standard InChI is InChI=1S/C15H15F3N2S/c1-9-4-5-12(10(2)6-9)21-14-8-11(15(16,17)18)7-13(19-3)20-14/h4-8H,1-3H3,(H,19,20). The average molecular weight is 312 g/mol. The molecule has 0 aliphatic carbocycles. The van der Waals surface area contributed by atoms with Crippen LogP contribution >= 0.6 is 11.8 Å². The Kier molecular flexibility index (Phi) is 4.46. The van der Waals surface area contributed by atoms with Gasteiger partial charge < -0.3 is 5.32 Å². The van der Waals surface area contributed by atoms with Crippen molar-refractivity contribution in [3.63, 3.8) is 0 Å². The van der Waals surface area contributed by atoms with Crippen molar-refractivity contribution in [2.45, 2.75) is 29.9 Å². The average Bonchev–Trinajstić information content (AvgIpc) is 2.40. The molecule has 0 fully saturated rings. The number of benzene rings is 1. The van der Waals surface area contributed by atoms with Crippen LogP contribution in [0.4, 0.5) is 19.0 Å². The topological polar surface area (TPSA) is 24.9 Å². The van der Waals surface area contributed by atoms with E-state index in [-0.39, 0.29) is 5.82 Å². The van der Waals surface area contributed by atoms with Crippen molar-refractivity contribution in [1.82, 2.24) is 4.98 Å². The van der Waals surface area contributed by atoms with E-state index in [9.17, 15) is 13.2 Å². The van der Waals surface area contributed by atoms with Crippen molar-refractivity contribution in [2.75, 3.05) is 12.4 Å². The summed E-state index contributed by atoms with van der Waals surface area (Å²) in [4.78, 5) is 5.07. The molecule has 112 valence electrons. The van der Waals surface area contributed by atoms with E-state index in [0.29, 0.717) is 5.03 Å². The van der Waals surface area contributed by atoms with Gasteiger partial charge in [-0.15, -0.1) is 0 Å². The Hall–Kier alpha value is -1.69. The quantitative estimate of drug-likeness (QED) is 0.871. The molecule has 0 saturated heterocycles. The summed E-state index contributed by atoms with van der Waals surface area (Å²) in [5.41, 5.74) is 1.43. The molecular formula is C15H15F3N2S. The van der Waals surface area contributed by atoms with Crippen molar-refractivity contribution < 1.29 is 13.2 Å². The zero-order valence-electron chi connectivity index (χ0n) is 11.9. The zero-order chi connectivity index (χ0) is 15.6. The van der Waals surface area contributed by atoms with Crippen molar-refractivity contribution >= 4 is 17.6 Å². The van der Waals surface area contributed by atoms with Crippen molar-refractivity contribution in [3.8, 4) is 0 Å². The number of hydrogen-bond donors (Lipinski definition) is 1. The SMILES string of the molecule is CNc1cc(C(F)(F)F)cc(Sc2ccc(C)cc2C)n1. The highest BCUT2D eigenvalue weighted by Crippen LogP contribution is 2.36. The number of nitrogens with zero attached hydrogens (tertiary/aromatic N) is 1. The summed E-state index contributed by atoms with van der Waals surface area (Å²) in [6.07, 6.45) is -4.38. The lowest BCUT2D eigenvalue weighted by Crippen LogP contribution is -2.07. The van der Waals surface area contributed by atoms with E-state index in [1.54, 1.807) is 7.05 Å². The number of halogens is 3. The number of nitrogens with one attached hydrogen (secondary N) is 1. The fraction of sp³-hybridized carbons (Fsp3) is 0.267. The Morgan fingerprint density at radius 3 is 2.38 bits per heavy atom. The first-order chi connectivity index (χ1) is 9.79. The van der Waals surface area contributed by atoms with Gasteiger partial charge in [0.25, 0.3) is 0 Å². The van der Waals surface area contributed by atoms with Gasteiger partial charge in [-0.05, 0) is 37.6 Å². The predicted octanol–water partition coefficient (Wildman–Crippen LogP) is 4.91. The van der Waals surface area contributed by atoms with Gasteiger partial charge in [-0.3, -0.25) is 0 Å². The molecule has 0 spiro atoms. The molecule has 1 aromatic carbocycles. The first-order valence-corrected chi connectivity index (χ1v) is 7.13. The Bertz CT molecular complexity index is 654. The first kappa shape index (κ1) is 15.7. The number of aromatic nitrogens is 1. The monoisotopic (exact) mass is 312 g/mol. The smallest absolute Gasteiger partial charge is 0.373 e. The van der Waals surface area contributed by atoms with E-state index in [4.69, 9.17) is 0 Å². The second kappa shape index (κ2) is 5.97. The van der Waals surface area contributed by atoms with E-state index < -0.39 is 11.7 Å². The van der Waals surface area contributed by atoms with Gasteiger partial charge in [0, 0.05) is 11.9 Å². The minimum atomic E-state index is -4.38. The largest absolute Gasteiger partial charge is 0.416 e. The third-order valence-electron chi connectivity index (χ3n) is 2.93. The van der Waals surface area contributed by atoms with E-state index in [2.05, 4.69) is 10.3 Å². The zero-order valence-corrected chi connectivity index (χ0v) is 12.7. The molecule has 1 aromatic heterocycles. The van der Waals surface area contributed by atoms with Gasteiger partial charge in [-0.25, -0.2) is 4.98 Å². The third-order valence-corrected chi connectivity index (χ3v) is 4.03. The molecule has 0 unspecified atom stereocenters. The molecule has 0 aliphatic heterocycles. The highest BCUT2D eigenvalue weighted by Gasteiger charge is 2.31. The van der Waals surface area contributed by atoms with Crippen LogP contribution in [0.1, 0.15) is 16.7 Å². The maximum Gasteiger partial charge on any atom is 0.416 e. The number of rotatable bonds is 3. The molecule has 2 nitrogen and oxygen atoms in total. The van der Waals surface area contributed by atoms with Crippen LogP contribution in [0.15, 0.2) is 40.3 Å². The molecular weight excluding hydrogens is 297 g/mol. The molecule has 0 aliphatic rings. The van der Waals surface area contributed by atoms with E-state index in [1.165, 1.54) is 11.8 Å². The fourth-order valence-corrected chi connectivity index (χ4v) is 2.79. The lowest BCUT2D eigenvalue weighted by molar-refractivity contribution is -0.137. The molecule has 1 heterocycles. The van der Waals surface area contributed by atoms with Crippen LogP contribution in [0.2, 0.25) is 0 Å². The molecule has 1 N–H and O–H groups in total. The van der Waals surface area contributed by atoms with Gasteiger partial charge in [0.05, 0.1) is 5.56 Å². The van der Waals surface area contributed by atoms with Crippen LogP contribution in [-0.4, -0.2) is 12.0 Å². The Labute approximate surface area is 125 Å². The Balaban J connectivity index is 2.39. The minimum Gasteiger partial charge on any atom is -0.373 e. The normalized spacial score (nSPS) is 11.5. The predicted molar refractivity (Wildman–Crippen MR) is 78.8 cm³/mol. The van der Waals surface area contributed by atoms with Gasteiger partial charge in [-0.1, -0.05) is 29.5 Å². The first-order valence-electron chi connectivity index (χ1n) is 6.32. The van der Waals surface area contributed by atoms with Crippen LogP contribution < -0.4 is 5.32 Å². The second-order valence-corrected chi connectivity index (χ2v) is 5.76. The molecule has 2 aromatic rings. The molecule has 0 saturated carbocycles. The van der Waals surface area contributed by atoms with Crippen molar-refractivity contribution in [2.24, 2.45) is 0 Å². The second-order valence-electron chi connectivity index (χ2n) is 4.70. The number of alkyl halides is 3. The molecule has 21 heavy (non-hydrogen) atoms. The Morgan fingerprint density at radius 1 is 1.10 bits per heavy atom. The van der Waals surface area contributed by atoms with E-state index >= 15 is 0 Å². The Morgan fingerprint density at radius 2 is 1.81 bits per heavy atom. The summed E-state index contributed by atoms with van der Waals surface area (Å²) >= 11 is 1.23. The lowest BCUT2D eigenvalue weighted by Gasteiger charge is -2.12. The number of aryl methyl sites for hydroxylation is 2. The highest BCUT2D eigenvalue weighted by molar-refractivity contribution is 7.99. The van der Waals surface area contributed by atoms with Gasteiger partial charge >= 0.3 is 6.18 Å². The molecule has 0 bridgehead atoms. The van der Waals surface area contributed by atoms with Crippen molar-refractivity contribution in [3.05, 3.63) is 47.0 Å². The highest BCUT2D eigenvalue weighted by atomic mass is 32.2. The van der Waals surface area contributed by atoms with E-state index in [0.717, 1.165) is 28.2 Å². The third kappa shape index (κ3) is 3.91. The number of anilines is 1. The minimum absolute atomic E-state index is 0.206. The van der Waals surface area contributed by atoms with Crippen LogP contribution in [0.5, 0.6) is 0 Å². The summed E-state index contributed by atoms with van der Waals surface area (Å²) in [5.74, 6) is 0.206. The molecule has 0 amide bonds. The summed E-state index contributed by atoms with van der Waals surface area (Å²) in [6.45, 7) is 3.91. The fourth-order valence-electron chi connectivity index (χ4n) is 1.88. The molecule has 6 heteroatoms. The van der Waals surface area contributed by atoms with Crippen LogP contribution in [0, 0.1) is 13.8 Å². The summed E-state index contributed by atoms with van der Waals surface area (Å²) in [7, 11) is 1.55. The van der Waals surface area contributed by atoms with Gasteiger partial charge in [0.2, 0.25) is 0 Å². The van der Waals surface area contributed by atoms with Crippen LogP contribution in [0.25, 0.3) is 0 Å². The molecule has 2 rings (SSSR count). The van der Waals surface area contributed by atoms with Crippen LogP contribution in [-0.2, 0) is 6.18 Å². The van der Waals surface area contributed by atoms with Gasteiger partial charge in [0.1, 0.15) is 10.8 Å².